The number of likely N-dealkylation sites (tertiary alicyclic amines) is 1. The van der Waals surface area contributed by atoms with E-state index in [-0.39, 0.29) is 11.3 Å². The van der Waals surface area contributed by atoms with Gasteiger partial charge in [0.15, 0.2) is 0 Å². The van der Waals surface area contributed by atoms with Gasteiger partial charge in [0.05, 0.1) is 13.2 Å². The number of hydrogen-bond donors (Lipinski definition) is 1. The number of fused-ring (bicyclic) bond motifs is 1. The van der Waals surface area contributed by atoms with Gasteiger partial charge in [-0.1, -0.05) is 6.07 Å². The molecule has 0 aromatic carbocycles. The van der Waals surface area contributed by atoms with E-state index in [0.29, 0.717) is 12.5 Å². The lowest BCUT2D eigenvalue weighted by molar-refractivity contribution is 0.0904. The summed E-state index contributed by atoms with van der Waals surface area (Å²) in [6.45, 7) is 5.07. The van der Waals surface area contributed by atoms with E-state index in [1.165, 1.54) is 5.56 Å². The van der Waals surface area contributed by atoms with Gasteiger partial charge >= 0.3 is 0 Å². The summed E-state index contributed by atoms with van der Waals surface area (Å²) >= 11 is 1.55. The smallest absolute Gasteiger partial charge is 0.252 e. The third kappa shape index (κ3) is 3.09. The van der Waals surface area contributed by atoms with E-state index >= 15 is 0 Å². The number of carbonyl (C=O) groups is 1. The van der Waals surface area contributed by atoms with E-state index < -0.39 is 0 Å². The monoisotopic (exact) mass is 343 g/mol. The number of thiophene rings is 1. The van der Waals surface area contributed by atoms with Crippen LogP contribution in [0.5, 0.6) is 0 Å². The van der Waals surface area contributed by atoms with Crippen LogP contribution in [0.1, 0.15) is 15.9 Å². The van der Waals surface area contributed by atoms with E-state index in [1.54, 1.807) is 17.5 Å². The van der Waals surface area contributed by atoms with Crippen LogP contribution in [0.2, 0.25) is 0 Å². The molecule has 0 saturated carbocycles. The van der Waals surface area contributed by atoms with Crippen molar-refractivity contribution in [1.29, 1.82) is 0 Å². The maximum absolute atomic E-state index is 12.3. The Bertz CT molecular complexity index is 692. The Kier molecular flexibility index (Phi) is 4.35. The van der Waals surface area contributed by atoms with Gasteiger partial charge in [-0.05, 0) is 23.1 Å². The summed E-state index contributed by atoms with van der Waals surface area (Å²) in [5, 5.41) is 6.94. The number of carbonyl (C=O) groups excluding carboxylic acids is 1. The van der Waals surface area contributed by atoms with E-state index in [0.717, 1.165) is 38.4 Å². The lowest BCUT2D eigenvalue weighted by atomic mass is 9.81. The van der Waals surface area contributed by atoms with Gasteiger partial charge < -0.3 is 10.1 Å². The van der Waals surface area contributed by atoms with Crippen molar-refractivity contribution >= 4 is 17.2 Å². The highest BCUT2D eigenvalue weighted by atomic mass is 32.1. The predicted molar refractivity (Wildman–Crippen MR) is 92.9 cm³/mol. The molecule has 2 atom stereocenters. The Morgan fingerprint density at radius 1 is 1.50 bits per heavy atom. The predicted octanol–water partition coefficient (Wildman–Crippen LogP) is 2.02. The number of aromatic nitrogens is 1. The molecule has 2 aliphatic rings. The Labute approximate surface area is 145 Å². The van der Waals surface area contributed by atoms with Gasteiger partial charge in [0.1, 0.15) is 0 Å². The second-order valence-electron chi connectivity index (χ2n) is 6.80. The molecule has 1 amide bonds. The second-order valence-corrected chi connectivity index (χ2v) is 7.58. The van der Waals surface area contributed by atoms with Crippen molar-refractivity contribution in [3.63, 3.8) is 0 Å². The number of pyridine rings is 1. The third-order valence-corrected chi connectivity index (χ3v) is 5.79. The van der Waals surface area contributed by atoms with Gasteiger partial charge in [-0.25, -0.2) is 0 Å². The Hall–Kier alpha value is -1.76. The number of hydrogen-bond acceptors (Lipinski definition) is 5. The highest BCUT2D eigenvalue weighted by Crippen LogP contribution is 2.41. The molecule has 2 aromatic rings. The molecule has 2 saturated heterocycles. The average Bonchev–Trinajstić information content (AvgIpc) is 3.29. The topological polar surface area (TPSA) is 54.5 Å². The van der Waals surface area contributed by atoms with Gasteiger partial charge in [-0.2, -0.15) is 11.3 Å². The van der Waals surface area contributed by atoms with Crippen molar-refractivity contribution in [3.8, 4) is 0 Å². The van der Waals surface area contributed by atoms with Crippen LogP contribution in [-0.4, -0.2) is 48.6 Å². The quantitative estimate of drug-likeness (QED) is 0.902. The van der Waals surface area contributed by atoms with Gasteiger partial charge in [0.25, 0.3) is 5.91 Å². The van der Waals surface area contributed by atoms with Gasteiger partial charge in [-0.15, -0.1) is 0 Å². The van der Waals surface area contributed by atoms with Crippen LogP contribution in [0, 0.1) is 11.3 Å². The van der Waals surface area contributed by atoms with Crippen LogP contribution in [0.25, 0.3) is 0 Å². The fourth-order valence-corrected chi connectivity index (χ4v) is 4.45. The summed E-state index contributed by atoms with van der Waals surface area (Å²) in [6, 6.07) is 5.96. The fraction of sp³-hybridized carbons (Fsp3) is 0.444. The van der Waals surface area contributed by atoms with Crippen molar-refractivity contribution < 1.29 is 9.53 Å². The third-order valence-electron chi connectivity index (χ3n) is 5.11. The molecule has 2 aliphatic heterocycles. The first-order valence-electron chi connectivity index (χ1n) is 8.25. The fourth-order valence-electron chi connectivity index (χ4n) is 3.82. The van der Waals surface area contributed by atoms with Gasteiger partial charge in [0, 0.05) is 60.8 Å². The summed E-state index contributed by atoms with van der Waals surface area (Å²) < 4.78 is 5.75. The highest BCUT2D eigenvalue weighted by Gasteiger charge is 2.50. The van der Waals surface area contributed by atoms with Crippen molar-refractivity contribution in [2.24, 2.45) is 11.3 Å². The summed E-state index contributed by atoms with van der Waals surface area (Å²) in [5.74, 6) is 0.499. The van der Waals surface area contributed by atoms with Crippen molar-refractivity contribution in [3.05, 3.63) is 52.5 Å². The molecule has 0 spiro atoms. The molecule has 2 fully saturated rings. The lowest BCUT2D eigenvalue weighted by Gasteiger charge is -2.27. The van der Waals surface area contributed by atoms with Crippen molar-refractivity contribution in [2.45, 2.75) is 6.54 Å². The number of rotatable bonds is 5. The zero-order valence-electron chi connectivity index (χ0n) is 13.5. The Morgan fingerprint density at radius 3 is 3.25 bits per heavy atom. The first kappa shape index (κ1) is 15.7. The van der Waals surface area contributed by atoms with Crippen LogP contribution in [0.15, 0.2) is 41.4 Å². The highest BCUT2D eigenvalue weighted by molar-refractivity contribution is 7.08. The van der Waals surface area contributed by atoms with Crippen LogP contribution >= 0.6 is 11.3 Å². The number of amides is 1. The molecule has 24 heavy (non-hydrogen) atoms. The molecule has 0 bridgehead atoms. The molecule has 5 nitrogen and oxygen atoms in total. The minimum Gasteiger partial charge on any atom is -0.380 e. The minimum absolute atomic E-state index is 0.0157. The van der Waals surface area contributed by atoms with Crippen molar-refractivity contribution in [2.75, 3.05) is 32.8 Å². The van der Waals surface area contributed by atoms with Crippen molar-refractivity contribution in [1.82, 2.24) is 15.2 Å². The van der Waals surface area contributed by atoms with Crippen LogP contribution < -0.4 is 5.32 Å². The molecule has 126 valence electrons. The summed E-state index contributed by atoms with van der Waals surface area (Å²) in [7, 11) is 0. The molecule has 4 heterocycles. The van der Waals surface area contributed by atoms with E-state index in [9.17, 15) is 4.79 Å². The molecule has 6 heteroatoms. The largest absolute Gasteiger partial charge is 0.380 e. The van der Waals surface area contributed by atoms with Crippen LogP contribution in [-0.2, 0) is 11.3 Å². The molecular weight excluding hydrogens is 322 g/mol. The molecule has 0 unspecified atom stereocenters. The SMILES string of the molecule is O=C(NC[C@]12COC[C@H]1CN(Cc1cccnc1)C2)c1ccsc1. The first-order chi connectivity index (χ1) is 11.8. The average molecular weight is 343 g/mol. The van der Waals surface area contributed by atoms with Crippen LogP contribution in [0.3, 0.4) is 0 Å². The lowest BCUT2D eigenvalue weighted by Crippen LogP contribution is -2.43. The van der Waals surface area contributed by atoms with Gasteiger partial charge in [0.2, 0.25) is 0 Å². The number of nitrogens with zero attached hydrogens (tertiary/aromatic N) is 2. The molecule has 0 aliphatic carbocycles. The normalized spacial score (nSPS) is 26.4. The van der Waals surface area contributed by atoms with Crippen LogP contribution in [0.4, 0.5) is 0 Å². The van der Waals surface area contributed by atoms with E-state index in [2.05, 4.69) is 21.3 Å². The maximum atomic E-state index is 12.3. The Morgan fingerprint density at radius 2 is 2.46 bits per heavy atom. The second kappa shape index (κ2) is 6.63. The maximum Gasteiger partial charge on any atom is 0.252 e. The molecule has 1 N–H and O–H groups in total. The van der Waals surface area contributed by atoms with E-state index in [4.69, 9.17) is 4.74 Å². The molecule has 2 aromatic heterocycles. The number of ether oxygens (including phenoxy) is 1. The number of nitrogens with one attached hydrogen (secondary N) is 1. The molecular formula is C18H21N3O2S. The minimum atomic E-state index is 0.0157. The van der Waals surface area contributed by atoms with Gasteiger partial charge in [-0.3, -0.25) is 14.7 Å². The van der Waals surface area contributed by atoms with E-state index in [1.807, 2.05) is 29.1 Å². The standard InChI is InChI=1S/C18H21N3O2S/c22-17(15-3-5-24-10-15)20-11-18-12-21(8-16(18)9-23-13-18)7-14-2-1-4-19-6-14/h1-6,10,16H,7-9,11-13H2,(H,20,22)/t16-,18+/m1/s1. The zero-order chi connectivity index (χ0) is 16.4. The molecule has 4 rings (SSSR count). The summed E-state index contributed by atoms with van der Waals surface area (Å²) in [4.78, 5) is 18.9. The molecule has 0 radical (unpaired) electrons. The summed E-state index contributed by atoms with van der Waals surface area (Å²) in [5.41, 5.74) is 2.02. The summed E-state index contributed by atoms with van der Waals surface area (Å²) in [6.07, 6.45) is 3.73. The first-order valence-corrected chi connectivity index (χ1v) is 9.19. The Balaban J connectivity index is 1.40. The zero-order valence-corrected chi connectivity index (χ0v) is 14.3.